The van der Waals surface area contributed by atoms with Gasteiger partial charge in [-0.15, -0.1) is 0 Å². The molecule has 0 aromatic rings. The van der Waals surface area contributed by atoms with E-state index in [1.54, 1.807) is 0 Å². The Balaban J connectivity index is 4.28. The van der Waals surface area contributed by atoms with Crippen LogP contribution in [0.4, 0.5) is 0 Å². The van der Waals surface area contributed by atoms with E-state index in [0.717, 1.165) is 12.8 Å². The minimum absolute atomic E-state index is 0.140. The number of hydrogen-bond acceptors (Lipinski definition) is 4. The molecule has 0 spiro atoms. The maximum absolute atomic E-state index is 11.8. The molecule has 0 saturated carbocycles. The summed E-state index contributed by atoms with van der Waals surface area (Å²) in [7, 11) is 0. The van der Waals surface area contributed by atoms with Crippen LogP contribution >= 0.6 is 0 Å². The molecule has 96 valence electrons. The summed E-state index contributed by atoms with van der Waals surface area (Å²) in [6.45, 7) is 3.69. The van der Waals surface area contributed by atoms with E-state index in [9.17, 15) is 15.0 Å². The highest BCUT2D eigenvalue weighted by Gasteiger charge is 2.29. The molecule has 1 amide bonds. The molecule has 0 heterocycles. The predicted octanol–water partition coefficient (Wildman–Crippen LogP) is -0.389. The van der Waals surface area contributed by atoms with E-state index in [0.29, 0.717) is 13.0 Å². The largest absolute Gasteiger partial charge is 0.394 e. The molecule has 0 fully saturated rings. The first-order valence-electron chi connectivity index (χ1n) is 5.79. The summed E-state index contributed by atoms with van der Waals surface area (Å²) >= 11 is 0. The molecule has 0 aliphatic carbocycles. The summed E-state index contributed by atoms with van der Waals surface area (Å²) < 4.78 is 0. The molecular formula is C11H24N2O3. The minimum atomic E-state index is -0.895. The molecular weight excluding hydrogens is 208 g/mol. The van der Waals surface area contributed by atoms with Crippen LogP contribution in [-0.4, -0.2) is 41.4 Å². The number of aliphatic hydroxyl groups excluding tert-OH is 2. The molecule has 0 aliphatic rings. The van der Waals surface area contributed by atoms with Crippen LogP contribution in [0.1, 0.15) is 33.1 Å². The number of carbonyl (C=O) groups is 1. The number of amides is 1. The fourth-order valence-electron chi connectivity index (χ4n) is 1.38. The lowest BCUT2D eigenvalue weighted by molar-refractivity contribution is -0.128. The first-order chi connectivity index (χ1) is 7.55. The molecule has 16 heavy (non-hydrogen) atoms. The van der Waals surface area contributed by atoms with Gasteiger partial charge in [0.15, 0.2) is 0 Å². The van der Waals surface area contributed by atoms with Crippen molar-refractivity contribution in [3.05, 3.63) is 0 Å². The molecule has 0 aliphatic heterocycles. The zero-order valence-corrected chi connectivity index (χ0v) is 10.2. The average molecular weight is 232 g/mol. The van der Waals surface area contributed by atoms with E-state index in [1.807, 2.05) is 13.8 Å². The Hall–Kier alpha value is -0.650. The van der Waals surface area contributed by atoms with Gasteiger partial charge in [0.25, 0.3) is 0 Å². The van der Waals surface area contributed by atoms with Crippen LogP contribution in [0.5, 0.6) is 0 Å². The van der Waals surface area contributed by atoms with Crippen molar-refractivity contribution in [1.29, 1.82) is 0 Å². The van der Waals surface area contributed by atoms with Crippen LogP contribution in [0.3, 0.4) is 0 Å². The zero-order chi connectivity index (χ0) is 12.6. The van der Waals surface area contributed by atoms with Crippen LogP contribution in [0.15, 0.2) is 0 Å². The first-order valence-corrected chi connectivity index (χ1v) is 5.79. The van der Waals surface area contributed by atoms with Crippen LogP contribution in [0.2, 0.25) is 0 Å². The van der Waals surface area contributed by atoms with Gasteiger partial charge in [-0.3, -0.25) is 4.79 Å². The second kappa shape index (κ2) is 7.60. The lowest BCUT2D eigenvalue weighted by atomic mass is 9.96. The summed E-state index contributed by atoms with van der Waals surface area (Å²) in [5, 5.41) is 21.1. The SMILES string of the molecule is CCC(CO)(CO)NC(=O)C(C)CCCN. The van der Waals surface area contributed by atoms with E-state index < -0.39 is 5.54 Å². The molecule has 5 nitrogen and oxygen atoms in total. The third-order valence-corrected chi connectivity index (χ3v) is 2.96. The topological polar surface area (TPSA) is 95.6 Å². The highest BCUT2D eigenvalue weighted by Crippen LogP contribution is 2.12. The number of hydrogen-bond donors (Lipinski definition) is 4. The molecule has 5 heteroatoms. The van der Waals surface area contributed by atoms with Gasteiger partial charge in [-0.1, -0.05) is 13.8 Å². The Labute approximate surface area is 97.0 Å². The monoisotopic (exact) mass is 232 g/mol. The fraction of sp³-hybridized carbons (Fsp3) is 0.909. The second-order valence-electron chi connectivity index (χ2n) is 4.27. The van der Waals surface area contributed by atoms with Crippen molar-refractivity contribution in [2.24, 2.45) is 11.7 Å². The highest BCUT2D eigenvalue weighted by molar-refractivity contribution is 5.79. The van der Waals surface area contributed by atoms with Gasteiger partial charge in [0.2, 0.25) is 5.91 Å². The Kier molecular flexibility index (Phi) is 7.29. The van der Waals surface area contributed by atoms with Crippen LogP contribution < -0.4 is 11.1 Å². The number of rotatable bonds is 8. The lowest BCUT2D eigenvalue weighted by Crippen LogP contribution is -2.55. The fourth-order valence-corrected chi connectivity index (χ4v) is 1.38. The Morgan fingerprint density at radius 2 is 2.00 bits per heavy atom. The summed E-state index contributed by atoms with van der Waals surface area (Å²) in [5.41, 5.74) is 4.48. The minimum Gasteiger partial charge on any atom is -0.394 e. The smallest absolute Gasteiger partial charge is 0.223 e. The van der Waals surface area contributed by atoms with Crippen molar-refractivity contribution in [1.82, 2.24) is 5.32 Å². The molecule has 0 aromatic carbocycles. The number of aliphatic hydroxyl groups is 2. The van der Waals surface area contributed by atoms with E-state index in [2.05, 4.69) is 5.32 Å². The summed E-state index contributed by atoms with van der Waals surface area (Å²) in [6, 6.07) is 0. The van der Waals surface area contributed by atoms with Gasteiger partial charge >= 0.3 is 0 Å². The third kappa shape index (κ3) is 4.47. The van der Waals surface area contributed by atoms with E-state index in [4.69, 9.17) is 5.73 Å². The van der Waals surface area contributed by atoms with Crippen molar-refractivity contribution in [3.8, 4) is 0 Å². The average Bonchev–Trinajstić information content (AvgIpc) is 2.32. The van der Waals surface area contributed by atoms with Crippen LogP contribution in [0, 0.1) is 5.92 Å². The molecule has 0 rings (SSSR count). The summed E-state index contributed by atoms with van der Waals surface area (Å²) in [6.07, 6.45) is 2.01. The molecule has 0 radical (unpaired) electrons. The number of nitrogens with two attached hydrogens (primary N) is 1. The highest BCUT2D eigenvalue weighted by atomic mass is 16.3. The van der Waals surface area contributed by atoms with Gasteiger partial charge in [0, 0.05) is 5.92 Å². The molecule has 0 aromatic heterocycles. The maximum atomic E-state index is 11.8. The van der Waals surface area contributed by atoms with Gasteiger partial charge in [0.1, 0.15) is 0 Å². The predicted molar refractivity (Wildman–Crippen MR) is 62.8 cm³/mol. The van der Waals surface area contributed by atoms with Gasteiger partial charge in [-0.25, -0.2) is 0 Å². The van der Waals surface area contributed by atoms with Gasteiger partial charge in [-0.05, 0) is 25.8 Å². The van der Waals surface area contributed by atoms with Crippen molar-refractivity contribution >= 4 is 5.91 Å². The van der Waals surface area contributed by atoms with Crippen molar-refractivity contribution < 1.29 is 15.0 Å². The maximum Gasteiger partial charge on any atom is 0.223 e. The number of carbonyl (C=O) groups excluding carboxylic acids is 1. The Bertz CT molecular complexity index is 197. The van der Waals surface area contributed by atoms with Crippen LogP contribution in [-0.2, 0) is 4.79 Å². The molecule has 1 unspecified atom stereocenters. The van der Waals surface area contributed by atoms with E-state index >= 15 is 0 Å². The van der Waals surface area contributed by atoms with Gasteiger partial charge in [0.05, 0.1) is 18.8 Å². The first kappa shape index (κ1) is 15.3. The quantitative estimate of drug-likeness (QED) is 0.458. The third-order valence-electron chi connectivity index (χ3n) is 2.96. The molecule has 5 N–H and O–H groups in total. The van der Waals surface area contributed by atoms with Gasteiger partial charge < -0.3 is 21.3 Å². The van der Waals surface area contributed by atoms with Gasteiger partial charge in [-0.2, -0.15) is 0 Å². The van der Waals surface area contributed by atoms with Crippen molar-refractivity contribution in [2.45, 2.75) is 38.6 Å². The van der Waals surface area contributed by atoms with Crippen molar-refractivity contribution in [3.63, 3.8) is 0 Å². The van der Waals surface area contributed by atoms with Crippen LogP contribution in [0.25, 0.3) is 0 Å². The standard InChI is InChI=1S/C11H24N2O3/c1-3-11(7-14,8-15)13-10(16)9(2)5-4-6-12/h9,14-15H,3-8,12H2,1-2H3,(H,13,16). The normalized spacial score (nSPS) is 13.6. The summed E-state index contributed by atoms with van der Waals surface area (Å²) in [4.78, 5) is 11.8. The number of nitrogens with one attached hydrogen (secondary N) is 1. The second-order valence-corrected chi connectivity index (χ2v) is 4.27. The van der Waals surface area contributed by atoms with E-state index in [-0.39, 0.29) is 25.0 Å². The molecule has 1 atom stereocenters. The van der Waals surface area contributed by atoms with E-state index in [1.165, 1.54) is 0 Å². The van der Waals surface area contributed by atoms with Crippen molar-refractivity contribution in [2.75, 3.05) is 19.8 Å². The summed E-state index contributed by atoms with van der Waals surface area (Å²) in [5.74, 6) is -0.286. The molecule has 0 saturated heterocycles. The zero-order valence-electron chi connectivity index (χ0n) is 10.2. The lowest BCUT2D eigenvalue weighted by Gasteiger charge is -2.31. The Morgan fingerprint density at radius 1 is 1.44 bits per heavy atom. The molecule has 0 bridgehead atoms. The Morgan fingerprint density at radius 3 is 2.38 bits per heavy atom.